The van der Waals surface area contributed by atoms with Gasteiger partial charge in [0.2, 0.25) is 0 Å². The second-order valence-corrected chi connectivity index (χ2v) is 13.0. The van der Waals surface area contributed by atoms with Crippen LogP contribution in [0.4, 0.5) is 17.1 Å². The standard InChI is InChI=1S/C42H48N4O5/c1-4-31-16-19-33(20-17-31)43(2)37-21-18-32(42(49)35-30-46(23-9-15-41(47)48)36-12-6-5-11-34(35)36)29-40(37)51-28-10-22-44-24-26-45(27-25-44)38-13-7-8-14-39(38)50-3/h5-8,11-14,16-21,29-30H,4,9-10,15,22-28H2,1-3H3,(H,47,48). The summed E-state index contributed by atoms with van der Waals surface area (Å²) in [6, 6.07) is 30.2. The number of aromatic nitrogens is 1. The first-order valence-corrected chi connectivity index (χ1v) is 17.9. The minimum absolute atomic E-state index is 0.0752. The van der Waals surface area contributed by atoms with E-state index in [1.807, 2.05) is 72.4 Å². The molecule has 6 rings (SSSR count). The van der Waals surface area contributed by atoms with E-state index in [4.69, 9.17) is 14.6 Å². The van der Waals surface area contributed by atoms with Crippen LogP contribution < -0.4 is 19.3 Å². The van der Waals surface area contributed by atoms with Crippen LogP contribution >= 0.6 is 0 Å². The van der Waals surface area contributed by atoms with Crippen molar-refractivity contribution < 1.29 is 24.2 Å². The van der Waals surface area contributed by atoms with Gasteiger partial charge in [-0.25, -0.2) is 0 Å². The number of benzene rings is 4. The molecule has 1 aliphatic rings. The fraction of sp³-hybridized carbons (Fsp3) is 0.333. The molecule has 266 valence electrons. The van der Waals surface area contributed by atoms with Crippen LogP contribution in [0.2, 0.25) is 0 Å². The van der Waals surface area contributed by atoms with Crippen LogP contribution in [0.5, 0.6) is 11.5 Å². The molecule has 1 aromatic heterocycles. The van der Waals surface area contributed by atoms with E-state index in [0.717, 1.165) is 79.3 Å². The van der Waals surface area contributed by atoms with Gasteiger partial charge in [-0.15, -0.1) is 0 Å². The number of carboxylic acids is 1. The number of rotatable bonds is 16. The lowest BCUT2D eigenvalue weighted by atomic mass is 10.0. The molecular weight excluding hydrogens is 640 g/mol. The first-order chi connectivity index (χ1) is 24.9. The van der Waals surface area contributed by atoms with Crippen LogP contribution in [0.3, 0.4) is 0 Å². The van der Waals surface area contributed by atoms with Crippen molar-refractivity contribution in [2.45, 2.75) is 39.2 Å². The fourth-order valence-corrected chi connectivity index (χ4v) is 6.88. The predicted molar refractivity (Wildman–Crippen MR) is 204 cm³/mol. The molecule has 9 nitrogen and oxygen atoms in total. The van der Waals surface area contributed by atoms with E-state index in [1.165, 1.54) is 5.56 Å². The van der Waals surface area contributed by atoms with Crippen molar-refractivity contribution in [3.8, 4) is 11.5 Å². The summed E-state index contributed by atoms with van der Waals surface area (Å²) in [6.07, 6.45) is 4.24. The predicted octanol–water partition coefficient (Wildman–Crippen LogP) is 7.67. The maximum atomic E-state index is 14.1. The number of fused-ring (bicyclic) bond motifs is 1. The number of carbonyl (C=O) groups is 2. The molecule has 0 aliphatic carbocycles. The van der Waals surface area contributed by atoms with Crippen molar-refractivity contribution >= 4 is 39.7 Å². The average molecular weight is 689 g/mol. The Balaban J connectivity index is 1.18. The first-order valence-electron chi connectivity index (χ1n) is 17.9. The molecule has 2 heterocycles. The summed E-state index contributed by atoms with van der Waals surface area (Å²) in [5.41, 5.74) is 6.39. The minimum Gasteiger partial charge on any atom is -0.495 e. The number of ketones is 1. The van der Waals surface area contributed by atoms with Gasteiger partial charge in [0.15, 0.2) is 5.78 Å². The quantitative estimate of drug-likeness (QED) is 0.0836. The number of para-hydroxylation sites is 3. The minimum atomic E-state index is -0.826. The Morgan fingerprint density at radius 1 is 0.843 bits per heavy atom. The lowest BCUT2D eigenvalue weighted by molar-refractivity contribution is -0.137. The van der Waals surface area contributed by atoms with Crippen LogP contribution in [-0.4, -0.2) is 79.8 Å². The number of methoxy groups -OCH3 is 1. The van der Waals surface area contributed by atoms with E-state index in [9.17, 15) is 9.59 Å². The Kier molecular flexibility index (Phi) is 11.6. The summed E-state index contributed by atoms with van der Waals surface area (Å²) in [5.74, 6) is 0.647. The van der Waals surface area contributed by atoms with Crippen molar-refractivity contribution in [1.29, 1.82) is 0 Å². The molecule has 9 heteroatoms. The van der Waals surface area contributed by atoms with E-state index in [1.54, 1.807) is 7.11 Å². The zero-order chi connectivity index (χ0) is 35.7. The van der Waals surface area contributed by atoms with Gasteiger partial charge in [-0.05, 0) is 73.4 Å². The zero-order valence-corrected chi connectivity index (χ0v) is 29.9. The maximum Gasteiger partial charge on any atom is 0.303 e. The van der Waals surface area contributed by atoms with Crippen molar-refractivity contribution in [3.05, 3.63) is 114 Å². The number of aliphatic carboxylic acids is 1. The summed E-state index contributed by atoms with van der Waals surface area (Å²) in [6.45, 7) is 7.91. The summed E-state index contributed by atoms with van der Waals surface area (Å²) >= 11 is 0. The first kappa shape index (κ1) is 35.5. The van der Waals surface area contributed by atoms with E-state index in [-0.39, 0.29) is 12.2 Å². The fourth-order valence-electron chi connectivity index (χ4n) is 6.88. The van der Waals surface area contributed by atoms with E-state index < -0.39 is 5.97 Å². The third-order valence-corrected chi connectivity index (χ3v) is 9.81. The van der Waals surface area contributed by atoms with Gasteiger partial charge >= 0.3 is 5.97 Å². The van der Waals surface area contributed by atoms with Gasteiger partial charge in [-0.2, -0.15) is 0 Å². The third-order valence-electron chi connectivity index (χ3n) is 9.81. The number of hydrogen-bond donors (Lipinski definition) is 1. The molecule has 0 amide bonds. The Labute approximate surface area is 300 Å². The van der Waals surface area contributed by atoms with E-state index in [0.29, 0.717) is 36.4 Å². The summed E-state index contributed by atoms with van der Waals surface area (Å²) in [5, 5.41) is 10.0. The van der Waals surface area contributed by atoms with Crippen molar-refractivity contribution in [2.24, 2.45) is 0 Å². The number of carbonyl (C=O) groups excluding carboxylic acids is 1. The van der Waals surface area contributed by atoms with Crippen LogP contribution in [0.15, 0.2) is 97.2 Å². The highest BCUT2D eigenvalue weighted by Crippen LogP contribution is 2.35. The number of aryl methyl sites for hydroxylation is 2. The Morgan fingerprint density at radius 3 is 2.33 bits per heavy atom. The molecule has 0 bridgehead atoms. The van der Waals surface area contributed by atoms with Gasteiger partial charge in [0, 0.05) is 86.7 Å². The Morgan fingerprint density at radius 2 is 1.59 bits per heavy atom. The van der Waals surface area contributed by atoms with Gasteiger partial charge < -0.3 is 28.9 Å². The number of piperazine rings is 1. The largest absolute Gasteiger partial charge is 0.495 e. The number of hydrogen-bond acceptors (Lipinski definition) is 7. The highest BCUT2D eigenvalue weighted by atomic mass is 16.5. The molecule has 1 saturated heterocycles. The molecule has 0 saturated carbocycles. The molecule has 1 N–H and O–H groups in total. The van der Waals surface area contributed by atoms with Crippen LogP contribution in [-0.2, 0) is 17.8 Å². The topological polar surface area (TPSA) is 87.5 Å². The maximum absolute atomic E-state index is 14.1. The number of carboxylic acid groups (broad SMARTS) is 1. The molecule has 0 radical (unpaired) electrons. The Bertz CT molecular complexity index is 1950. The van der Waals surface area contributed by atoms with E-state index >= 15 is 0 Å². The number of ether oxygens (including phenoxy) is 2. The second kappa shape index (κ2) is 16.6. The number of anilines is 3. The van der Waals surface area contributed by atoms with Crippen LogP contribution in [0.1, 0.15) is 47.7 Å². The number of nitrogens with zero attached hydrogens (tertiary/aromatic N) is 4. The molecule has 1 fully saturated rings. The van der Waals surface area contributed by atoms with Gasteiger partial charge in [0.25, 0.3) is 0 Å². The lowest BCUT2D eigenvalue weighted by Gasteiger charge is -2.36. The van der Waals surface area contributed by atoms with Crippen molar-refractivity contribution in [2.75, 3.05) is 63.3 Å². The molecule has 0 atom stereocenters. The molecule has 4 aromatic carbocycles. The van der Waals surface area contributed by atoms with Crippen molar-refractivity contribution in [3.63, 3.8) is 0 Å². The highest BCUT2D eigenvalue weighted by molar-refractivity contribution is 6.16. The lowest BCUT2D eigenvalue weighted by Crippen LogP contribution is -2.46. The molecule has 5 aromatic rings. The van der Waals surface area contributed by atoms with Gasteiger partial charge in [-0.1, -0.05) is 49.4 Å². The highest BCUT2D eigenvalue weighted by Gasteiger charge is 2.22. The monoisotopic (exact) mass is 688 g/mol. The van der Waals surface area contributed by atoms with Crippen LogP contribution in [0.25, 0.3) is 10.9 Å². The normalized spacial score (nSPS) is 13.4. The summed E-state index contributed by atoms with van der Waals surface area (Å²) in [7, 11) is 3.74. The SMILES string of the molecule is CCc1ccc(N(C)c2ccc(C(=O)c3cn(CCCC(=O)O)c4ccccc34)cc2OCCCN2CCN(c3ccccc3OC)CC2)cc1. The molecule has 0 spiro atoms. The molecular formula is C42H48N4O5. The van der Waals surface area contributed by atoms with Crippen molar-refractivity contribution in [1.82, 2.24) is 9.47 Å². The van der Waals surface area contributed by atoms with Gasteiger partial charge in [-0.3, -0.25) is 14.5 Å². The zero-order valence-electron chi connectivity index (χ0n) is 29.9. The smallest absolute Gasteiger partial charge is 0.303 e. The molecule has 1 aliphatic heterocycles. The second-order valence-electron chi connectivity index (χ2n) is 13.0. The van der Waals surface area contributed by atoms with E-state index in [2.05, 4.69) is 58.0 Å². The van der Waals surface area contributed by atoms with Gasteiger partial charge in [0.05, 0.1) is 25.1 Å². The van der Waals surface area contributed by atoms with Crippen LogP contribution in [0, 0.1) is 0 Å². The summed E-state index contributed by atoms with van der Waals surface area (Å²) < 4.78 is 14.1. The van der Waals surface area contributed by atoms with Gasteiger partial charge in [0.1, 0.15) is 11.5 Å². The third kappa shape index (κ3) is 8.37. The molecule has 0 unspecified atom stereocenters. The molecule has 51 heavy (non-hydrogen) atoms. The summed E-state index contributed by atoms with van der Waals surface area (Å²) in [4.78, 5) is 32.3. The average Bonchev–Trinajstić information content (AvgIpc) is 3.54. The Hall–Kier alpha value is -5.28.